The summed E-state index contributed by atoms with van der Waals surface area (Å²) in [5.41, 5.74) is 1.25. The van der Waals surface area contributed by atoms with Crippen LogP contribution in [0.4, 0.5) is 11.6 Å². The van der Waals surface area contributed by atoms with Crippen molar-refractivity contribution in [1.29, 1.82) is 0 Å². The van der Waals surface area contributed by atoms with Crippen molar-refractivity contribution in [3.8, 4) is 0 Å². The lowest BCUT2D eigenvalue weighted by Crippen LogP contribution is -2.27. The zero-order chi connectivity index (χ0) is 14.4. The lowest BCUT2D eigenvalue weighted by atomic mass is 9.96. The summed E-state index contributed by atoms with van der Waals surface area (Å²) in [7, 11) is 1.94. The van der Waals surface area contributed by atoms with Crippen LogP contribution in [-0.4, -0.2) is 30.1 Å². The number of nitrogens with zero attached hydrogens (tertiary/aromatic N) is 3. The van der Waals surface area contributed by atoms with Crippen molar-refractivity contribution in [3.63, 3.8) is 0 Å². The predicted molar refractivity (Wildman–Crippen MR) is 85.4 cm³/mol. The van der Waals surface area contributed by atoms with Gasteiger partial charge in [0.25, 0.3) is 0 Å². The number of aromatic nitrogens is 2. The monoisotopic (exact) mass is 276 g/mol. The van der Waals surface area contributed by atoms with Crippen LogP contribution in [0.3, 0.4) is 0 Å². The molecule has 1 fully saturated rings. The van der Waals surface area contributed by atoms with Crippen molar-refractivity contribution in [1.82, 2.24) is 9.97 Å². The summed E-state index contributed by atoms with van der Waals surface area (Å²) in [6.07, 6.45) is 9.30. The van der Waals surface area contributed by atoms with Crippen LogP contribution in [-0.2, 0) is 6.42 Å². The smallest absolute Gasteiger partial charge is 0.137 e. The Labute approximate surface area is 123 Å². The third-order valence-corrected chi connectivity index (χ3v) is 4.36. The summed E-state index contributed by atoms with van der Waals surface area (Å²) < 4.78 is 0. The highest BCUT2D eigenvalue weighted by molar-refractivity contribution is 5.58. The van der Waals surface area contributed by atoms with Gasteiger partial charge in [0, 0.05) is 25.7 Å². The fourth-order valence-corrected chi connectivity index (χ4v) is 3.29. The first-order valence-corrected chi connectivity index (χ1v) is 8.06. The molecule has 2 heterocycles. The molecule has 1 atom stereocenters. The molecule has 0 radical (unpaired) electrons. The average Bonchev–Trinajstić information content (AvgIpc) is 2.72. The molecule has 0 amide bonds. The minimum absolute atomic E-state index is 0.903. The molecule has 1 aromatic rings. The van der Waals surface area contributed by atoms with Gasteiger partial charge in [-0.25, -0.2) is 9.97 Å². The zero-order valence-corrected chi connectivity index (χ0v) is 13.2. The fraction of sp³-hybridized carbons (Fsp3) is 0.750. The summed E-state index contributed by atoms with van der Waals surface area (Å²) in [6, 6.07) is 0. The average molecular weight is 276 g/mol. The van der Waals surface area contributed by atoms with Crippen molar-refractivity contribution in [2.24, 2.45) is 5.92 Å². The summed E-state index contributed by atoms with van der Waals surface area (Å²) in [6.45, 7) is 6.74. The quantitative estimate of drug-likeness (QED) is 0.894. The number of hydrogen-bond donors (Lipinski definition) is 1. The number of nitrogens with one attached hydrogen (secondary N) is 1. The van der Waals surface area contributed by atoms with Crippen LogP contribution >= 0.6 is 0 Å². The van der Waals surface area contributed by atoms with Crippen LogP contribution in [0.5, 0.6) is 0 Å². The third kappa shape index (κ3) is 3.41. The highest BCUT2D eigenvalue weighted by atomic mass is 15.2. The molecular weight excluding hydrogens is 248 g/mol. The van der Waals surface area contributed by atoms with E-state index in [9.17, 15) is 0 Å². The molecule has 1 saturated heterocycles. The van der Waals surface area contributed by atoms with E-state index in [1.165, 1.54) is 37.7 Å². The molecule has 4 heteroatoms. The minimum Gasteiger partial charge on any atom is -0.373 e. The molecule has 0 aliphatic carbocycles. The number of anilines is 2. The Morgan fingerprint density at radius 1 is 1.25 bits per heavy atom. The lowest BCUT2D eigenvalue weighted by Gasteiger charge is -2.25. The van der Waals surface area contributed by atoms with Crippen molar-refractivity contribution >= 4 is 11.6 Å². The second-order valence-corrected chi connectivity index (χ2v) is 5.70. The van der Waals surface area contributed by atoms with Crippen LogP contribution < -0.4 is 10.2 Å². The predicted octanol–water partition coefficient (Wildman–Crippen LogP) is 3.49. The van der Waals surface area contributed by atoms with E-state index >= 15 is 0 Å². The Bertz CT molecular complexity index is 419. The molecule has 4 nitrogen and oxygen atoms in total. The Kier molecular flexibility index (Phi) is 5.62. The standard InChI is InChI=1S/C16H28N4/c1-4-7-13-8-6-10-20(11-9-13)16-14(5-2)15(17-3)18-12-19-16/h12-13H,4-11H2,1-3H3,(H,17,18,19). The maximum absolute atomic E-state index is 4.57. The molecule has 0 saturated carbocycles. The topological polar surface area (TPSA) is 41.1 Å². The van der Waals surface area contributed by atoms with Crippen LogP contribution in [0.2, 0.25) is 0 Å². The van der Waals surface area contributed by atoms with E-state index in [1.807, 2.05) is 7.05 Å². The summed E-state index contributed by atoms with van der Waals surface area (Å²) in [5.74, 6) is 3.02. The van der Waals surface area contributed by atoms with Crippen molar-refractivity contribution in [2.75, 3.05) is 30.4 Å². The Morgan fingerprint density at radius 3 is 2.80 bits per heavy atom. The first-order chi connectivity index (χ1) is 9.80. The first kappa shape index (κ1) is 15.1. The second kappa shape index (κ2) is 7.46. The Morgan fingerprint density at radius 2 is 2.10 bits per heavy atom. The van der Waals surface area contributed by atoms with Crippen LogP contribution in [0.15, 0.2) is 6.33 Å². The lowest BCUT2D eigenvalue weighted by molar-refractivity contribution is 0.435. The number of hydrogen-bond acceptors (Lipinski definition) is 4. The third-order valence-electron chi connectivity index (χ3n) is 4.36. The van der Waals surface area contributed by atoms with Gasteiger partial charge in [0.1, 0.15) is 18.0 Å². The van der Waals surface area contributed by atoms with Crippen molar-refractivity contribution in [2.45, 2.75) is 52.4 Å². The Balaban J connectivity index is 2.15. The SMILES string of the molecule is CCCC1CCCN(c2ncnc(NC)c2CC)CC1. The molecule has 20 heavy (non-hydrogen) atoms. The number of rotatable bonds is 5. The van der Waals surface area contributed by atoms with Crippen molar-refractivity contribution < 1.29 is 0 Å². The van der Waals surface area contributed by atoms with Gasteiger partial charge >= 0.3 is 0 Å². The summed E-state index contributed by atoms with van der Waals surface area (Å²) >= 11 is 0. The van der Waals surface area contributed by atoms with Gasteiger partial charge in [-0.3, -0.25) is 0 Å². The molecule has 1 aromatic heterocycles. The summed E-state index contributed by atoms with van der Waals surface area (Å²) in [5, 5.41) is 3.19. The van der Waals surface area contributed by atoms with E-state index in [0.29, 0.717) is 0 Å². The summed E-state index contributed by atoms with van der Waals surface area (Å²) in [4.78, 5) is 11.4. The Hall–Kier alpha value is -1.32. The highest BCUT2D eigenvalue weighted by Crippen LogP contribution is 2.28. The van der Waals surface area contributed by atoms with Gasteiger partial charge < -0.3 is 10.2 Å². The first-order valence-electron chi connectivity index (χ1n) is 8.06. The maximum Gasteiger partial charge on any atom is 0.137 e. The van der Waals surface area contributed by atoms with Crippen LogP contribution in [0, 0.1) is 5.92 Å². The highest BCUT2D eigenvalue weighted by Gasteiger charge is 2.20. The molecular formula is C16H28N4. The zero-order valence-electron chi connectivity index (χ0n) is 13.2. The molecule has 1 N–H and O–H groups in total. The van der Waals surface area contributed by atoms with Crippen LogP contribution in [0.25, 0.3) is 0 Å². The molecule has 2 rings (SSSR count). The minimum atomic E-state index is 0.903. The van der Waals surface area contributed by atoms with E-state index in [2.05, 4.69) is 34.0 Å². The van der Waals surface area contributed by atoms with E-state index in [4.69, 9.17) is 0 Å². The largest absolute Gasteiger partial charge is 0.373 e. The maximum atomic E-state index is 4.57. The van der Waals surface area contributed by atoms with Gasteiger partial charge in [0.2, 0.25) is 0 Å². The van der Waals surface area contributed by atoms with Gasteiger partial charge in [0.05, 0.1) is 0 Å². The second-order valence-electron chi connectivity index (χ2n) is 5.70. The molecule has 1 unspecified atom stereocenters. The molecule has 1 aliphatic rings. The van der Waals surface area contributed by atoms with E-state index in [-0.39, 0.29) is 0 Å². The van der Waals surface area contributed by atoms with Crippen LogP contribution in [0.1, 0.15) is 51.5 Å². The fourth-order valence-electron chi connectivity index (χ4n) is 3.29. The van der Waals surface area contributed by atoms with Gasteiger partial charge in [-0.05, 0) is 31.6 Å². The van der Waals surface area contributed by atoms with E-state index in [1.54, 1.807) is 6.33 Å². The molecule has 0 aromatic carbocycles. The molecule has 0 bridgehead atoms. The van der Waals surface area contributed by atoms with Crippen molar-refractivity contribution in [3.05, 3.63) is 11.9 Å². The van der Waals surface area contributed by atoms with Gasteiger partial charge in [0.15, 0.2) is 0 Å². The van der Waals surface area contributed by atoms with Gasteiger partial charge in [-0.2, -0.15) is 0 Å². The van der Waals surface area contributed by atoms with Gasteiger partial charge in [-0.15, -0.1) is 0 Å². The molecule has 112 valence electrons. The molecule has 1 aliphatic heterocycles. The van der Waals surface area contributed by atoms with Gasteiger partial charge in [-0.1, -0.05) is 26.7 Å². The van der Waals surface area contributed by atoms with E-state index < -0.39 is 0 Å². The van der Waals surface area contributed by atoms with E-state index in [0.717, 1.165) is 37.1 Å². The normalized spacial score (nSPS) is 19.8. The molecule has 0 spiro atoms.